The van der Waals surface area contributed by atoms with Crippen LogP contribution in [0.1, 0.15) is 32.6 Å². The zero-order valence-corrected chi connectivity index (χ0v) is 6.21. The highest BCUT2D eigenvalue weighted by molar-refractivity contribution is 6.27. The molecular weight excluding hydrogens is 130 g/mol. The maximum absolute atomic E-state index is 10.0. The van der Waals surface area contributed by atoms with E-state index in [1.165, 1.54) is 0 Å². The summed E-state index contributed by atoms with van der Waals surface area (Å²) >= 11 is 0. The van der Waals surface area contributed by atoms with Crippen molar-refractivity contribution in [2.75, 3.05) is 0 Å². The van der Waals surface area contributed by atoms with E-state index in [2.05, 4.69) is 12.1 Å². The second-order valence-electron chi connectivity index (χ2n) is 2.17. The molecule has 0 aromatic heterocycles. The first kappa shape index (κ1) is 9.14. The van der Waals surface area contributed by atoms with Gasteiger partial charge in [-0.15, -0.1) is 0 Å². The van der Waals surface area contributed by atoms with Gasteiger partial charge in [-0.2, -0.15) is 0 Å². The highest BCUT2D eigenvalue weighted by Gasteiger charge is 1.95. The van der Waals surface area contributed by atoms with E-state index in [1.807, 2.05) is 0 Å². The summed E-state index contributed by atoms with van der Waals surface area (Å²) in [7, 11) is 0. The Bertz CT molecular complexity index is 121. The van der Waals surface area contributed by atoms with Crippen molar-refractivity contribution in [3.05, 3.63) is 0 Å². The van der Waals surface area contributed by atoms with Crippen LogP contribution in [0.3, 0.4) is 0 Å². The smallest absolute Gasteiger partial charge is 0.167 e. The van der Waals surface area contributed by atoms with Gasteiger partial charge in [-0.1, -0.05) is 24.9 Å². The second-order valence-corrected chi connectivity index (χ2v) is 2.17. The molecule has 0 spiro atoms. The molecule has 0 aliphatic carbocycles. The summed E-state index contributed by atoms with van der Waals surface area (Å²) in [5.74, 6) is 0. The van der Waals surface area contributed by atoms with Crippen LogP contribution < -0.4 is 0 Å². The average molecular weight is 143 g/mol. The zero-order valence-electron chi connectivity index (χ0n) is 6.21. The largest absolute Gasteiger partial charge is 0.411 e. The number of carbonyl (C=O) groups is 1. The van der Waals surface area contributed by atoms with Crippen molar-refractivity contribution in [1.29, 1.82) is 0 Å². The lowest BCUT2D eigenvalue weighted by molar-refractivity contribution is -0.102. The lowest BCUT2D eigenvalue weighted by atomic mass is 10.1. The minimum Gasteiger partial charge on any atom is -0.411 e. The molecule has 10 heavy (non-hydrogen) atoms. The van der Waals surface area contributed by atoms with Gasteiger partial charge in [0.15, 0.2) is 6.29 Å². The van der Waals surface area contributed by atoms with Crippen molar-refractivity contribution in [2.45, 2.75) is 32.6 Å². The molecule has 0 fully saturated rings. The predicted molar refractivity (Wildman–Crippen MR) is 39.4 cm³/mol. The van der Waals surface area contributed by atoms with E-state index in [0.29, 0.717) is 12.7 Å². The first-order valence-electron chi connectivity index (χ1n) is 3.51. The van der Waals surface area contributed by atoms with Crippen LogP contribution in [-0.4, -0.2) is 17.2 Å². The fraction of sp³-hybridized carbons (Fsp3) is 0.714. The predicted octanol–water partition coefficient (Wildman–Crippen LogP) is 1.60. The van der Waals surface area contributed by atoms with E-state index in [-0.39, 0.29) is 5.71 Å². The highest BCUT2D eigenvalue weighted by Crippen LogP contribution is 1.98. The van der Waals surface area contributed by atoms with E-state index in [4.69, 9.17) is 5.21 Å². The van der Waals surface area contributed by atoms with Gasteiger partial charge in [-0.3, -0.25) is 4.79 Å². The number of hydrogen-bond acceptors (Lipinski definition) is 3. The first-order valence-corrected chi connectivity index (χ1v) is 3.51. The van der Waals surface area contributed by atoms with Gasteiger partial charge in [0.2, 0.25) is 0 Å². The van der Waals surface area contributed by atoms with E-state index < -0.39 is 0 Å². The number of rotatable bonds is 5. The number of hydrogen-bond donors (Lipinski definition) is 1. The fourth-order valence-electron chi connectivity index (χ4n) is 0.689. The van der Waals surface area contributed by atoms with Crippen molar-refractivity contribution in [3.8, 4) is 0 Å². The Hall–Kier alpha value is -0.860. The van der Waals surface area contributed by atoms with Gasteiger partial charge < -0.3 is 5.21 Å². The molecule has 0 saturated heterocycles. The third-order valence-corrected chi connectivity index (χ3v) is 1.30. The summed E-state index contributed by atoms with van der Waals surface area (Å²) in [4.78, 5) is 10.0. The molecule has 3 nitrogen and oxygen atoms in total. The van der Waals surface area contributed by atoms with Gasteiger partial charge in [0.05, 0.1) is 0 Å². The number of unbranched alkanes of at least 4 members (excludes halogenated alkanes) is 2. The fourth-order valence-corrected chi connectivity index (χ4v) is 0.689. The second kappa shape index (κ2) is 6.26. The molecule has 0 heterocycles. The minimum absolute atomic E-state index is 0.244. The van der Waals surface area contributed by atoms with Crippen LogP contribution in [-0.2, 0) is 4.79 Å². The molecular formula is C7H13NO2. The van der Waals surface area contributed by atoms with Gasteiger partial charge in [-0.25, -0.2) is 0 Å². The third kappa shape index (κ3) is 4.06. The Morgan fingerprint density at radius 1 is 1.60 bits per heavy atom. The standard InChI is InChI=1S/C7H13NO2/c1-2-3-4-5-7(6-9)8-10/h6,10H,2-5H2,1H3/b8-7+. The van der Waals surface area contributed by atoms with E-state index in [9.17, 15) is 4.79 Å². The Kier molecular flexibility index (Phi) is 5.72. The quantitative estimate of drug-likeness (QED) is 0.209. The number of nitrogens with zero attached hydrogens (tertiary/aromatic N) is 1. The van der Waals surface area contributed by atoms with Crippen molar-refractivity contribution in [3.63, 3.8) is 0 Å². The van der Waals surface area contributed by atoms with Gasteiger partial charge in [0.1, 0.15) is 5.71 Å². The molecule has 0 saturated carbocycles. The molecule has 0 aliphatic heterocycles. The molecule has 0 atom stereocenters. The van der Waals surface area contributed by atoms with Crippen molar-refractivity contribution in [2.24, 2.45) is 5.16 Å². The monoisotopic (exact) mass is 143 g/mol. The van der Waals surface area contributed by atoms with Crippen molar-refractivity contribution < 1.29 is 10.0 Å². The summed E-state index contributed by atoms with van der Waals surface area (Å²) in [5, 5.41) is 11.0. The molecule has 0 rings (SSSR count). The number of aldehydes is 1. The maximum Gasteiger partial charge on any atom is 0.167 e. The number of oxime groups is 1. The van der Waals surface area contributed by atoms with E-state index >= 15 is 0 Å². The zero-order chi connectivity index (χ0) is 7.82. The highest BCUT2D eigenvalue weighted by atomic mass is 16.4. The Morgan fingerprint density at radius 2 is 2.30 bits per heavy atom. The first-order chi connectivity index (χ1) is 4.85. The Balaban J connectivity index is 3.36. The molecule has 0 unspecified atom stereocenters. The van der Waals surface area contributed by atoms with E-state index in [0.717, 1.165) is 19.3 Å². The topological polar surface area (TPSA) is 49.7 Å². The maximum atomic E-state index is 10.0. The summed E-state index contributed by atoms with van der Waals surface area (Å²) < 4.78 is 0. The third-order valence-electron chi connectivity index (χ3n) is 1.30. The molecule has 0 aliphatic rings. The van der Waals surface area contributed by atoms with Crippen LogP contribution in [0.5, 0.6) is 0 Å². The summed E-state index contributed by atoms with van der Waals surface area (Å²) in [5.41, 5.74) is 0.244. The molecule has 58 valence electrons. The Labute approximate surface area is 60.7 Å². The SMILES string of the molecule is CCCCC/C(C=O)=N\O. The van der Waals surface area contributed by atoms with Crippen LogP contribution in [0.15, 0.2) is 5.16 Å². The summed E-state index contributed by atoms with van der Waals surface area (Å²) in [6.07, 6.45) is 4.29. The van der Waals surface area contributed by atoms with Gasteiger partial charge in [-0.05, 0) is 12.8 Å². The van der Waals surface area contributed by atoms with Crippen molar-refractivity contribution in [1.82, 2.24) is 0 Å². The summed E-state index contributed by atoms with van der Waals surface area (Å²) in [6.45, 7) is 2.08. The molecule has 0 amide bonds. The minimum atomic E-state index is 0.244. The summed E-state index contributed by atoms with van der Waals surface area (Å²) in [6, 6.07) is 0. The molecule has 0 aromatic carbocycles. The van der Waals surface area contributed by atoms with Gasteiger partial charge >= 0.3 is 0 Å². The molecule has 1 N–H and O–H groups in total. The molecule has 0 aromatic rings. The van der Waals surface area contributed by atoms with Crippen LogP contribution in [0.4, 0.5) is 0 Å². The van der Waals surface area contributed by atoms with Crippen LogP contribution in [0.2, 0.25) is 0 Å². The van der Waals surface area contributed by atoms with Crippen LogP contribution in [0.25, 0.3) is 0 Å². The van der Waals surface area contributed by atoms with Crippen LogP contribution in [0, 0.1) is 0 Å². The molecule has 0 radical (unpaired) electrons. The van der Waals surface area contributed by atoms with Crippen LogP contribution >= 0.6 is 0 Å². The van der Waals surface area contributed by atoms with E-state index in [1.54, 1.807) is 0 Å². The van der Waals surface area contributed by atoms with Crippen molar-refractivity contribution >= 4 is 12.0 Å². The normalized spacial score (nSPS) is 11.5. The van der Waals surface area contributed by atoms with Gasteiger partial charge in [0.25, 0.3) is 0 Å². The van der Waals surface area contributed by atoms with Gasteiger partial charge in [0, 0.05) is 0 Å². The average Bonchev–Trinajstić information content (AvgIpc) is 1.99. The molecule has 0 bridgehead atoms. The Morgan fingerprint density at radius 3 is 2.70 bits per heavy atom. The lowest BCUT2D eigenvalue weighted by Gasteiger charge is -1.93. The molecule has 3 heteroatoms. The lowest BCUT2D eigenvalue weighted by Crippen LogP contribution is -1.98. The number of carbonyl (C=O) groups excluding carboxylic acids is 1.